The second kappa shape index (κ2) is 7.84. The molecular weight excluding hydrogens is 352 g/mol. The topological polar surface area (TPSA) is 78.1 Å². The fourth-order valence-corrected chi connectivity index (χ4v) is 3.75. The number of H-pyrrole nitrogens is 1. The molecule has 4 rings (SSSR count). The Morgan fingerprint density at radius 2 is 2.07 bits per heavy atom. The third-order valence-electron chi connectivity index (χ3n) is 5.15. The molecule has 0 spiro atoms. The van der Waals surface area contributed by atoms with Gasteiger partial charge in [0.15, 0.2) is 0 Å². The monoisotopic (exact) mass is 376 g/mol. The van der Waals surface area contributed by atoms with Gasteiger partial charge in [-0.25, -0.2) is 4.98 Å². The summed E-state index contributed by atoms with van der Waals surface area (Å²) in [5, 5.41) is 3.00. The van der Waals surface area contributed by atoms with Gasteiger partial charge >= 0.3 is 0 Å². The van der Waals surface area contributed by atoms with Crippen LogP contribution in [-0.2, 0) is 11.2 Å². The van der Waals surface area contributed by atoms with Crippen molar-refractivity contribution in [2.75, 3.05) is 13.1 Å². The minimum absolute atomic E-state index is 0.109. The number of carbonyl (C=O) groups is 2. The second-order valence-corrected chi connectivity index (χ2v) is 7.36. The molecule has 1 atom stereocenters. The Kier molecular flexibility index (Phi) is 5.10. The number of amides is 2. The number of nitrogens with one attached hydrogen (secondary N) is 2. The third-order valence-corrected chi connectivity index (χ3v) is 5.15. The van der Waals surface area contributed by atoms with Gasteiger partial charge in [0.25, 0.3) is 5.91 Å². The molecule has 0 unspecified atom stereocenters. The number of hydrogen-bond donors (Lipinski definition) is 2. The smallest absolute Gasteiger partial charge is 0.251 e. The average molecular weight is 376 g/mol. The normalized spacial score (nSPS) is 16.7. The molecule has 0 bridgehead atoms. The Morgan fingerprint density at radius 1 is 1.25 bits per heavy atom. The van der Waals surface area contributed by atoms with Crippen molar-refractivity contribution >= 4 is 22.8 Å². The van der Waals surface area contributed by atoms with E-state index in [0.717, 1.165) is 36.2 Å². The van der Waals surface area contributed by atoms with E-state index < -0.39 is 0 Å². The highest BCUT2D eigenvalue weighted by molar-refractivity contribution is 5.98. The Bertz CT molecular complexity index is 996. The Morgan fingerprint density at radius 3 is 2.89 bits per heavy atom. The van der Waals surface area contributed by atoms with Gasteiger partial charge in [0.05, 0.1) is 17.1 Å². The predicted octanol–water partition coefficient (Wildman–Crippen LogP) is 2.83. The van der Waals surface area contributed by atoms with E-state index in [1.54, 1.807) is 12.1 Å². The van der Waals surface area contributed by atoms with Crippen LogP contribution in [0.4, 0.5) is 0 Å². The minimum Gasteiger partial charge on any atom is -0.347 e. The summed E-state index contributed by atoms with van der Waals surface area (Å²) in [7, 11) is 0. The van der Waals surface area contributed by atoms with Crippen LogP contribution in [0.2, 0.25) is 0 Å². The Hall–Kier alpha value is -3.15. The number of aryl methyl sites for hydroxylation is 2. The summed E-state index contributed by atoms with van der Waals surface area (Å²) >= 11 is 0. The number of rotatable bonds is 6. The maximum atomic E-state index is 12.6. The standard InChI is InChI=1S/C22H24N4O2/c1-15-23-19-10-9-17(12-20(19)24-15)22(28)25-18-13-21(27)26(14-18)11-5-8-16-6-3-2-4-7-16/h2-4,6-7,9-10,12,18H,5,8,11,13-14H2,1H3,(H,23,24)(H,25,28)/t18-/m1/s1. The largest absolute Gasteiger partial charge is 0.347 e. The maximum absolute atomic E-state index is 12.6. The molecule has 28 heavy (non-hydrogen) atoms. The molecule has 2 aromatic carbocycles. The van der Waals surface area contributed by atoms with Crippen LogP contribution < -0.4 is 5.32 Å². The second-order valence-electron chi connectivity index (χ2n) is 7.36. The summed E-state index contributed by atoms with van der Waals surface area (Å²) in [6, 6.07) is 15.5. The molecule has 0 saturated carbocycles. The van der Waals surface area contributed by atoms with Crippen molar-refractivity contribution in [1.82, 2.24) is 20.2 Å². The first-order chi connectivity index (χ1) is 13.6. The number of aromatic amines is 1. The summed E-state index contributed by atoms with van der Waals surface area (Å²) in [4.78, 5) is 34.2. The lowest BCUT2D eigenvalue weighted by molar-refractivity contribution is -0.127. The highest BCUT2D eigenvalue weighted by atomic mass is 16.2. The van der Waals surface area contributed by atoms with Crippen LogP contribution >= 0.6 is 0 Å². The SMILES string of the molecule is Cc1nc2ccc(C(=O)N[C@@H]3CC(=O)N(CCCc4ccccc4)C3)cc2[nH]1. The summed E-state index contributed by atoms with van der Waals surface area (Å²) in [6.07, 6.45) is 2.24. The van der Waals surface area contributed by atoms with Gasteiger partial charge in [-0.2, -0.15) is 0 Å². The fraction of sp³-hybridized carbons (Fsp3) is 0.318. The van der Waals surface area contributed by atoms with E-state index in [1.807, 2.05) is 36.1 Å². The first-order valence-electron chi connectivity index (χ1n) is 9.67. The van der Waals surface area contributed by atoms with Crippen LogP contribution in [0, 0.1) is 6.92 Å². The summed E-state index contributed by atoms with van der Waals surface area (Å²) in [5.74, 6) is 0.774. The van der Waals surface area contributed by atoms with Crippen molar-refractivity contribution in [2.45, 2.75) is 32.2 Å². The highest BCUT2D eigenvalue weighted by Crippen LogP contribution is 2.16. The number of fused-ring (bicyclic) bond motifs is 1. The molecule has 6 heteroatoms. The Balaban J connectivity index is 1.31. The minimum atomic E-state index is -0.155. The van der Waals surface area contributed by atoms with Gasteiger partial charge in [0, 0.05) is 25.1 Å². The van der Waals surface area contributed by atoms with E-state index in [9.17, 15) is 9.59 Å². The molecule has 1 aliphatic rings. The van der Waals surface area contributed by atoms with Crippen LogP contribution in [0.1, 0.15) is 34.6 Å². The highest BCUT2D eigenvalue weighted by Gasteiger charge is 2.30. The predicted molar refractivity (Wildman–Crippen MR) is 108 cm³/mol. The van der Waals surface area contributed by atoms with Gasteiger partial charge in [0.1, 0.15) is 5.82 Å². The van der Waals surface area contributed by atoms with Crippen LogP contribution in [-0.4, -0.2) is 45.8 Å². The molecule has 3 aromatic rings. The number of benzene rings is 2. The number of hydrogen-bond acceptors (Lipinski definition) is 3. The van der Waals surface area contributed by atoms with Crippen molar-refractivity contribution in [3.05, 3.63) is 65.5 Å². The van der Waals surface area contributed by atoms with E-state index >= 15 is 0 Å². The molecule has 1 fully saturated rings. The fourth-order valence-electron chi connectivity index (χ4n) is 3.75. The number of imidazole rings is 1. The van der Waals surface area contributed by atoms with E-state index in [-0.39, 0.29) is 17.9 Å². The zero-order chi connectivity index (χ0) is 19.5. The molecule has 2 N–H and O–H groups in total. The van der Waals surface area contributed by atoms with Crippen LogP contribution in [0.3, 0.4) is 0 Å². The van der Waals surface area contributed by atoms with E-state index in [4.69, 9.17) is 0 Å². The molecule has 0 aliphatic carbocycles. The van der Waals surface area contributed by atoms with Gasteiger partial charge in [0.2, 0.25) is 5.91 Å². The molecule has 6 nitrogen and oxygen atoms in total. The number of likely N-dealkylation sites (tertiary alicyclic amines) is 1. The van der Waals surface area contributed by atoms with E-state index in [0.29, 0.717) is 18.5 Å². The van der Waals surface area contributed by atoms with Crippen molar-refractivity contribution in [2.24, 2.45) is 0 Å². The lowest BCUT2D eigenvalue weighted by atomic mass is 10.1. The zero-order valence-electron chi connectivity index (χ0n) is 15.9. The van der Waals surface area contributed by atoms with Gasteiger partial charge < -0.3 is 15.2 Å². The third kappa shape index (κ3) is 4.06. The van der Waals surface area contributed by atoms with Gasteiger partial charge in [-0.15, -0.1) is 0 Å². The van der Waals surface area contributed by atoms with E-state index in [1.165, 1.54) is 5.56 Å². The molecule has 0 radical (unpaired) electrons. The molecule has 1 aromatic heterocycles. The first-order valence-corrected chi connectivity index (χ1v) is 9.67. The molecule has 2 amide bonds. The van der Waals surface area contributed by atoms with Crippen molar-refractivity contribution in [3.8, 4) is 0 Å². The Labute approximate surface area is 164 Å². The number of carbonyl (C=O) groups excluding carboxylic acids is 2. The molecular formula is C22H24N4O2. The number of aromatic nitrogens is 2. The average Bonchev–Trinajstić information content (AvgIpc) is 3.23. The summed E-state index contributed by atoms with van der Waals surface area (Å²) < 4.78 is 0. The van der Waals surface area contributed by atoms with Crippen molar-refractivity contribution in [1.29, 1.82) is 0 Å². The van der Waals surface area contributed by atoms with Crippen LogP contribution in [0.25, 0.3) is 11.0 Å². The van der Waals surface area contributed by atoms with Gasteiger partial charge in [-0.05, 0) is 43.5 Å². The summed E-state index contributed by atoms with van der Waals surface area (Å²) in [6.45, 7) is 3.18. The molecule has 2 heterocycles. The van der Waals surface area contributed by atoms with Crippen LogP contribution in [0.5, 0.6) is 0 Å². The lowest BCUT2D eigenvalue weighted by Crippen LogP contribution is -2.37. The molecule has 144 valence electrons. The first kappa shape index (κ1) is 18.2. The van der Waals surface area contributed by atoms with E-state index in [2.05, 4.69) is 27.4 Å². The number of nitrogens with zero attached hydrogens (tertiary/aromatic N) is 2. The molecule has 1 saturated heterocycles. The maximum Gasteiger partial charge on any atom is 0.251 e. The summed E-state index contributed by atoms with van der Waals surface area (Å²) in [5.41, 5.74) is 3.54. The zero-order valence-corrected chi connectivity index (χ0v) is 15.9. The van der Waals surface area contributed by atoms with Crippen LogP contribution in [0.15, 0.2) is 48.5 Å². The molecule has 1 aliphatic heterocycles. The van der Waals surface area contributed by atoms with Gasteiger partial charge in [-0.3, -0.25) is 9.59 Å². The van der Waals surface area contributed by atoms with Crippen molar-refractivity contribution in [3.63, 3.8) is 0 Å². The lowest BCUT2D eigenvalue weighted by Gasteiger charge is -2.17. The van der Waals surface area contributed by atoms with Gasteiger partial charge in [-0.1, -0.05) is 30.3 Å². The van der Waals surface area contributed by atoms with Crippen molar-refractivity contribution < 1.29 is 9.59 Å². The quantitative estimate of drug-likeness (QED) is 0.694.